The van der Waals surface area contributed by atoms with Gasteiger partial charge in [0.15, 0.2) is 0 Å². The minimum absolute atomic E-state index is 0.0491. The summed E-state index contributed by atoms with van der Waals surface area (Å²) in [6.45, 7) is 2.88. The molecule has 1 unspecified atom stereocenters. The van der Waals surface area contributed by atoms with Crippen LogP contribution < -0.4 is 10.1 Å². The molecule has 0 aliphatic heterocycles. The molecule has 0 aliphatic rings. The molecule has 0 fully saturated rings. The molecule has 7 heteroatoms. The first-order valence-electron chi connectivity index (χ1n) is 12.1. The van der Waals surface area contributed by atoms with Gasteiger partial charge in [0.2, 0.25) is 11.8 Å². The number of carbonyl (C=O) groups excluding carboxylic acids is 2. The zero-order valence-electron chi connectivity index (χ0n) is 20.7. The predicted molar refractivity (Wildman–Crippen MR) is 146 cm³/mol. The van der Waals surface area contributed by atoms with Crippen LogP contribution in [0.1, 0.15) is 36.5 Å². The van der Waals surface area contributed by atoms with Gasteiger partial charge in [-0.05, 0) is 47.4 Å². The monoisotopic (exact) mass is 526 g/mol. The van der Waals surface area contributed by atoms with E-state index in [9.17, 15) is 9.59 Å². The van der Waals surface area contributed by atoms with E-state index in [1.165, 1.54) is 0 Å². The molecule has 0 aromatic heterocycles. The van der Waals surface area contributed by atoms with Gasteiger partial charge < -0.3 is 15.0 Å². The first-order valence-corrected chi connectivity index (χ1v) is 12.8. The smallest absolute Gasteiger partial charge is 0.243 e. The zero-order chi connectivity index (χ0) is 25.9. The molecule has 36 heavy (non-hydrogen) atoms. The second-order valence-electron chi connectivity index (χ2n) is 8.64. The van der Waals surface area contributed by atoms with Gasteiger partial charge in [-0.25, -0.2) is 0 Å². The van der Waals surface area contributed by atoms with Crippen molar-refractivity contribution in [2.75, 3.05) is 13.7 Å². The SMILES string of the molecule is CCCCNC(=O)C(Cc1ccccc1)N(Cc1cccc(OC)c1)C(=O)Cc1ccc(Cl)cc1Cl. The van der Waals surface area contributed by atoms with Crippen molar-refractivity contribution in [1.82, 2.24) is 10.2 Å². The van der Waals surface area contributed by atoms with Gasteiger partial charge in [-0.3, -0.25) is 9.59 Å². The van der Waals surface area contributed by atoms with Crippen LogP contribution >= 0.6 is 23.2 Å². The van der Waals surface area contributed by atoms with E-state index in [2.05, 4.69) is 12.2 Å². The number of carbonyl (C=O) groups is 2. The van der Waals surface area contributed by atoms with E-state index >= 15 is 0 Å². The number of methoxy groups -OCH3 is 1. The zero-order valence-corrected chi connectivity index (χ0v) is 22.2. The molecule has 0 radical (unpaired) electrons. The van der Waals surface area contributed by atoms with Crippen molar-refractivity contribution in [2.24, 2.45) is 0 Å². The molecule has 0 bridgehead atoms. The number of unbranched alkanes of at least 4 members (excludes halogenated alkanes) is 1. The standard InChI is InChI=1S/C29H32Cl2N2O3/c1-3-4-15-32-29(35)27(17-21-9-6-5-7-10-21)33(20-22-11-8-12-25(16-22)36-2)28(34)18-23-13-14-24(30)19-26(23)31/h5-14,16,19,27H,3-4,15,17-18,20H2,1-2H3,(H,32,35). The first kappa shape index (κ1) is 27.6. The number of nitrogens with one attached hydrogen (secondary N) is 1. The van der Waals surface area contributed by atoms with Crippen LogP contribution in [0.5, 0.6) is 5.75 Å². The second kappa shape index (κ2) is 13.9. The quantitative estimate of drug-likeness (QED) is 0.290. The highest BCUT2D eigenvalue weighted by atomic mass is 35.5. The summed E-state index contributed by atoms with van der Waals surface area (Å²) in [5.74, 6) is 0.312. The molecular weight excluding hydrogens is 495 g/mol. The van der Waals surface area contributed by atoms with E-state index in [1.54, 1.807) is 30.2 Å². The van der Waals surface area contributed by atoms with Gasteiger partial charge in [0.05, 0.1) is 13.5 Å². The van der Waals surface area contributed by atoms with Gasteiger partial charge in [0, 0.05) is 29.6 Å². The van der Waals surface area contributed by atoms with Crippen LogP contribution in [0.4, 0.5) is 0 Å². The van der Waals surface area contributed by atoms with E-state index in [4.69, 9.17) is 27.9 Å². The Morgan fingerprint density at radius 3 is 2.42 bits per heavy atom. The van der Waals surface area contributed by atoms with E-state index in [0.717, 1.165) is 24.0 Å². The third kappa shape index (κ3) is 8.00. The lowest BCUT2D eigenvalue weighted by molar-refractivity contribution is -0.140. The highest BCUT2D eigenvalue weighted by Crippen LogP contribution is 2.24. The van der Waals surface area contributed by atoms with E-state index in [-0.39, 0.29) is 24.8 Å². The summed E-state index contributed by atoms with van der Waals surface area (Å²) in [4.78, 5) is 28.9. The molecule has 3 aromatic rings. The molecule has 190 valence electrons. The van der Waals surface area contributed by atoms with Crippen molar-refractivity contribution < 1.29 is 14.3 Å². The molecule has 1 atom stereocenters. The minimum atomic E-state index is -0.700. The van der Waals surface area contributed by atoms with Gasteiger partial charge in [0.1, 0.15) is 11.8 Å². The van der Waals surface area contributed by atoms with E-state index < -0.39 is 6.04 Å². The highest BCUT2D eigenvalue weighted by Gasteiger charge is 2.30. The summed E-state index contributed by atoms with van der Waals surface area (Å²) in [5.41, 5.74) is 2.50. The number of ether oxygens (including phenoxy) is 1. The Balaban J connectivity index is 1.97. The molecule has 5 nitrogen and oxygen atoms in total. The van der Waals surface area contributed by atoms with Crippen LogP contribution in [0.15, 0.2) is 72.8 Å². The number of benzene rings is 3. The van der Waals surface area contributed by atoms with Crippen molar-refractivity contribution >= 4 is 35.0 Å². The average Bonchev–Trinajstić information content (AvgIpc) is 2.88. The second-order valence-corrected chi connectivity index (χ2v) is 9.48. The summed E-state index contributed by atoms with van der Waals surface area (Å²) < 4.78 is 5.38. The van der Waals surface area contributed by atoms with Crippen molar-refractivity contribution in [3.63, 3.8) is 0 Å². The lowest BCUT2D eigenvalue weighted by Gasteiger charge is -2.32. The number of halogens is 2. The molecule has 0 spiro atoms. The largest absolute Gasteiger partial charge is 0.497 e. The number of hydrogen-bond acceptors (Lipinski definition) is 3. The van der Waals surface area contributed by atoms with Crippen molar-refractivity contribution in [3.05, 3.63) is 99.5 Å². The lowest BCUT2D eigenvalue weighted by atomic mass is 10.0. The van der Waals surface area contributed by atoms with Crippen LogP contribution in [-0.4, -0.2) is 36.4 Å². The number of hydrogen-bond donors (Lipinski definition) is 1. The Morgan fingerprint density at radius 2 is 1.72 bits per heavy atom. The molecule has 0 aliphatic carbocycles. The summed E-state index contributed by atoms with van der Waals surface area (Å²) in [6.07, 6.45) is 2.27. The molecule has 3 aromatic carbocycles. The predicted octanol–water partition coefficient (Wildman–Crippen LogP) is 6.10. The number of nitrogens with zero attached hydrogens (tertiary/aromatic N) is 1. The van der Waals surface area contributed by atoms with Crippen molar-refractivity contribution in [3.8, 4) is 5.75 Å². The summed E-state index contributed by atoms with van der Waals surface area (Å²) >= 11 is 12.4. The first-order chi connectivity index (χ1) is 17.4. The fourth-order valence-corrected chi connectivity index (χ4v) is 4.43. The fourth-order valence-electron chi connectivity index (χ4n) is 3.96. The van der Waals surface area contributed by atoms with Crippen LogP contribution in [0.25, 0.3) is 0 Å². The van der Waals surface area contributed by atoms with Crippen LogP contribution in [0.2, 0.25) is 10.0 Å². The molecule has 0 saturated heterocycles. The Hall–Kier alpha value is -3.02. The van der Waals surface area contributed by atoms with Crippen molar-refractivity contribution in [1.29, 1.82) is 0 Å². The lowest BCUT2D eigenvalue weighted by Crippen LogP contribution is -2.51. The van der Waals surface area contributed by atoms with Gasteiger partial charge in [-0.1, -0.05) is 85.1 Å². The molecule has 1 N–H and O–H groups in total. The Bertz CT molecular complexity index is 1150. The fraction of sp³-hybridized carbons (Fsp3) is 0.310. The third-order valence-electron chi connectivity index (χ3n) is 5.94. The molecule has 2 amide bonds. The summed E-state index contributed by atoms with van der Waals surface area (Å²) in [7, 11) is 1.60. The maximum Gasteiger partial charge on any atom is 0.243 e. The van der Waals surface area contributed by atoms with Crippen LogP contribution in [0, 0.1) is 0 Å². The van der Waals surface area contributed by atoms with Crippen LogP contribution in [-0.2, 0) is 29.0 Å². The number of amides is 2. The van der Waals surface area contributed by atoms with Gasteiger partial charge >= 0.3 is 0 Å². The maximum atomic E-state index is 13.8. The Labute approximate surface area is 223 Å². The highest BCUT2D eigenvalue weighted by molar-refractivity contribution is 6.35. The van der Waals surface area contributed by atoms with E-state index in [0.29, 0.717) is 34.3 Å². The molecular formula is C29H32Cl2N2O3. The minimum Gasteiger partial charge on any atom is -0.497 e. The maximum absolute atomic E-state index is 13.8. The normalized spacial score (nSPS) is 11.6. The van der Waals surface area contributed by atoms with Gasteiger partial charge in [0.25, 0.3) is 0 Å². The summed E-state index contributed by atoms with van der Waals surface area (Å²) in [5, 5.41) is 3.95. The van der Waals surface area contributed by atoms with Gasteiger partial charge in [-0.15, -0.1) is 0 Å². The average molecular weight is 527 g/mol. The molecule has 0 saturated carbocycles. The van der Waals surface area contributed by atoms with E-state index in [1.807, 2.05) is 54.6 Å². The topological polar surface area (TPSA) is 58.6 Å². The third-order valence-corrected chi connectivity index (χ3v) is 6.53. The number of rotatable bonds is 12. The van der Waals surface area contributed by atoms with Crippen LogP contribution in [0.3, 0.4) is 0 Å². The van der Waals surface area contributed by atoms with Crippen molar-refractivity contribution in [2.45, 2.75) is 45.2 Å². The molecule has 0 heterocycles. The van der Waals surface area contributed by atoms with Gasteiger partial charge in [-0.2, -0.15) is 0 Å². The Morgan fingerprint density at radius 1 is 0.972 bits per heavy atom. The molecule has 3 rings (SSSR count). The summed E-state index contributed by atoms with van der Waals surface area (Å²) in [6, 6.07) is 21.6. The Kier molecular flexibility index (Phi) is 10.6.